The number of nitrogens with one attached hydrogen (secondary N) is 1. The maximum Gasteiger partial charge on any atom is 0.371 e. The van der Waals surface area contributed by atoms with Gasteiger partial charge in [0.25, 0.3) is 0 Å². The van der Waals surface area contributed by atoms with Crippen molar-refractivity contribution in [3.8, 4) is 0 Å². The van der Waals surface area contributed by atoms with Gasteiger partial charge >= 0.3 is 5.97 Å². The summed E-state index contributed by atoms with van der Waals surface area (Å²) in [5.74, 6) is 0.0866. The molecule has 0 spiro atoms. The smallest absolute Gasteiger partial charge is 0.371 e. The van der Waals surface area contributed by atoms with Gasteiger partial charge in [-0.2, -0.15) is 0 Å². The van der Waals surface area contributed by atoms with Crippen molar-refractivity contribution in [2.24, 2.45) is 0 Å². The number of imidazole rings is 1. The van der Waals surface area contributed by atoms with Crippen LogP contribution in [0.5, 0.6) is 0 Å². The number of allylic oxidation sites excluding steroid dienone is 1. The molecule has 0 unspecified atom stereocenters. The predicted octanol–water partition coefficient (Wildman–Crippen LogP) is 4.75. The van der Waals surface area contributed by atoms with Crippen LogP contribution in [-0.4, -0.2) is 26.8 Å². The molecule has 0 amide bonds. The van der Waals surface area contributed by atoms with E-state index >= 15 is 0 Å². The van der Waals surface area contributed by atoms with Gasteiger partial charge < -0.3 is 10.1 Å². The molecule has 2 heterocycles. The number of thioether (sulfide) groups is 1. The van der Waals surface area contributed by atoms with Crippen LogP contribution in [0.25, 0.3) is 11.6 Å². The van der Waals surface area contributed by atoms with E-state index in [4.69, 9.17) is 5.11 Å². The van der Waals surface area contributed by atoms with Gasteiger partial charge in [0, 0.05) is 11.1 Å². The standard InChI is InChI=1S/C19H22N2O2S/c1-11(7-13-10-20-17(21-13)18(22)23)14-9-15-16(8-12(14)2)24-6-5-19(15,3)4/h7-10H,5-6H2,1-4H3,(H,20,21)(H,22,23). The van der Waals surface area contributed by atoms with E-state index in [1.165, 1.54) is 33.8 Å². The monoisotopic (exact) mass is 342 g/mol. The molecule has 1 aromatic heterocycles. The number of hydrogen-bond donors (Lipinski definition) is 2. The van der Waals surface area contributed by atoms with E-state index in [1.54, 1.807) is 6.20 Å². The molecule has 1 aromatic carbocycles. The van der Waals surface area contributed by atoms with Gasteiger partial charge in [-0.1, -0.05) is 13.8 Å². The van der Waals surface area contributed by atoms with E-state index in [9.17, 15) is 4.79 Å². The average molecular weight is 342 g/mol. The summed E-state index contributed by atoms with van der Waals surface area (Å²) in [5.41, 5.74) is 5.75. The lowest BCUT2D eigenvalue weighted by atomic mass is 9.80. The van der Waals surface area contributed by atoms with Crippen LogP contribution in [0.1, 0.15) is 60.2 Å². The van der Waals surface area contributed by atoms with Gasteiger partial charge in [-0.25, -0.2) is 9.78 Å². The molecule has 0 fully saturated rings. The summed E-state index contributed by atoms with van der Waals surface area (Å²) >= 11 is 1.93. The van der Waals surface area contributed by atoms with Crippen LogP contribution in [0, 0.1) is 6.92 Å². The summed E-state index contributed by atoms with van der Waals surface area (Å²) in [6.45, 7) is 8.78. The number of fused-ring (bicyclic) bond motifs is 1. The fourth-order valence-corrected chi connectivity index (χ4v) is 4.71. The normalized spacial score (nSPS) is 16.8. The first-order valence-electron chi connectivity index (χ1n) is 8.03. The number of H-pyrrole nitrogens is 1. The Morgan fingerprint density at radius 1 is 1.42 bits per heavy atom. The topological polar surface area (TPSA) is 66.0 Å². The molecular weight excluding hydrogens is 320 g/mol. The summed E-state index contributed by atoms with van der Waals surface area (Å²) in [7, 11) is 0. The molecule has 4 nitrogen and oxygen atoms in total. The second-order valence-electron chi connectivity index (χ2n) is 6.95. The van der Waals surface area contributed by atoms with Crippen molar-refractivity contribution >= 4 is 29.4 Å². The van der Waals surface area contributed by atoms with E-state index in [2.05, 4.69) is 42.9 Å². The zero-order chi connectivity index (χ0) is 17.5. The molecule has 0 saturated heterocycles. The lowest BCUT2D eigenvalue weighted by molar-refractivity contribution is 0.0684. The first-order chi connectivity index (χ1) is 11.3. The number of benzene rings is 1. The Hall–Kier alpha value is -2.01. The molecule has 0 atom stereocenters. The lowest BCUT2D eigenvalue weighted by Gasteiger charge is -2.33. The average Bonchev–Trinajstić information content (AvgIpc) is 2.95. The summed E-state index contributed by atoms with van der Waals surface area (Å²) in [5, 5.41) is 8.97. The number of rotatable bonds is 3. The SMILES string of the molecule is CC(=Cc1c[nH]c(C(=O)O)n1)c1cc2c(cc1C)SCCC2(C)C. The van der Waals surface area contributed by atoms with E-state index in [0.29, 0.717) is 5.69 Å². The molecule has 5 heteroatoms. The van der Waals surface area contributed by atoms with Crippen molar-refractivity contribution in [3.05, 3.63) is 46.5 Å². The molecule has 3 rings (SSSR count). The Bertz CT molecular complexity index is 834. The zero-order valence-electron chi connectivity index (χ0n) is 14.4. The number of carboxylic acid groups (broad SMARTS) is 1. The van der Waals surface area contributed by atoms with Crippen molar-refractivity contribution in [3.63, 3.8) is 0 Å². The quantitative estimate of drug-likeness (QED) is 0.845. The van der Waals surface area contributed by atoms with Gasteiger partial charge in [-0.3, -0.25) is 0 Å². The first kappa shape index (κ1) is 16.8. The Kier molecular flexibility index (Phi) is 4.30. The maximum atomic E-state index is 10.9. The number of aromatic carboxylic acids is 1. The minimum Gasteiger partial charge on any atom is -0.475 e. The largest absolute Gasteiger partial charge is 0.475 e. The van der Waals surface area contributed by atoms with Gasteiger partial charge in [0.1, 0.15) is 0 Å². The molecule has 2 N–H and O–H groups in total. The highest BCUT2D eigenvalue weighted by Gasteiger charge is 2.28. The van der Waals surface area contributed by atoms with Crippen molar-refractivity contribution < 1.29 is 9.90 Å². The Morgan fingerprint density at radius 2 is 2.17 bits per heavy atom. The third kappa shape index (κ3) is 3.13. The Morgan fingerprint density at radius 3 is 2.83 bits per heavy atom. The van der Waals surface area contributed by atoms with Gasteiger partial charge in [0.05, 0.1) is 5.69 Å². The van der Waals surface area contributed by atoms with Crippen LogP contribution in [0.2, 0.25) is 0 Å². The molecule has 0 aliphatic carbocycles. The Balaban J connectivity index is 2.02. The highest BCUT2D eigenvalue weighted by molar-refractivity contribution is 7.99. The molecule has 0 radical (unpaired) electrons. The van der Waals surface area contributed by atoms with Crippen molar-refractivity contribution in [1.82, 2.24) is 9.97 Å². The minimum atomic E-state index is -1.05. The van der Waals surface area contributed by atoms with E-state index in [-0.39, 0.29) is 11.2 Å². The zero-order valence-corrected chi connectivity index (χ0v) is 15.3. The number of nitrogens with zero attached hydrogens (tertiary/aromatic N) is 1. The molecule has 0 bridgehead atoms. The number of aromatic amines is 1. The van der Waals surface area contributed by atoms with Crippen LogP contribution in [0.15, 0.2) is 23.2 Å². The number of carbonyl (C=O) groups is 1. The van der Waals surface area contributed by atoms with Crippen LogP contribution < -0.4 is 0 Å². The number of hydrogen-bond acceptors (Lipinski definition) is 3. The van der Waals surface area contributed by atoms with Crippen molar-refractivity contribution in [1.29, 1.82) is 0 Å². The molecule has 0 saturated carbocycles. The second-order valence-corrected chi connectivity index (χ2v) is 8.09. The van der Waals surface area contributed by atoms with Gasteiger partial charge in [0.15, 0.2) is 0 Å². The van der Waals surface area contributed by atoms with Crippen LogP contribution in [0.4, 0.5) is 0 Å². The predicted molar refractivity (Wildman–Crippen MR) is 98.6 cm³/mol. The highest BCUT2D eigenvalue weighted by Crippen LogP contribution is 2.43. The molecule has 126 valence electrons. The van der Waals surface area contributed by atoms with Crippen LogP contribution >= 0.6 is 11.8 Å². The van der Waals surface area contributed by atoms with E-state index < -0.39 is 5.97 Å². The third-order valence-corrected chi connectivity index (χ3v) is 5.69. The maximum absolute atomic E-state index is 10.9. The van der Waals surface area contributed by atoms with Gasteiger partial charge in [0.2, 0.25) is 5.82 Å². The second kappa shape index (κ2) is 6.13. The Labute approximate surface area is 146 Å². The summed E-state index contributed by atoms with van der Waals surface area (Å²) in [4.78, 5) is 19.1. The first-order valence-corrected chi connectivity index (χ1v) is 9.02. The molecule has 24 heavy (non-hydrogen) atoms. The highest BCUT2D eigenvalue weighted by atomic mass is 32.2. The fourth-order valence-electron chi connectivity index (χ4n) is 3.12. The molecule has 1 aliphatic heterocycles. The van der Waals surface area contributed by atoms with Crippen molar-refractivity contribution in [2.45, 2.75) is 44.4 Å². The molecular formula is C19H22N2O2S. The van der Waals surface area contributed by atoms with E-state index in [1.807, 2.05) is 24.8 Å². The molecule has 1 aliphatic rings. The van der Waals surface area contributed by atoms with Crippen molar-refractivity contribution in [2.75, 3.05) is 5.75 Å². The summed E-state index contributed by atoms with van der Waals surface area (Å²) in [6, 6.07) is 4.58. The fraction of sp³-hybridized carbons (Fsp3) is 0.368. The summed E-state index contributed by atoms with van der Waals surface area (Å²) in [6.07, 6.45) is 4.73. The number of aryl methyl sites for hydroxylation is 1. The van der Waals surface area contributed by atoms with Crippen LogP contribution in [-0.2, 0) is 5.41 Å². The molecule has 2 aromatic rings. The van der Waals surface area contributed by atoms with E-state index in [0.717, 1.165) is 5.57 Å². The lowest BCUT2D eigenvalue weighted by Crippen LogP contribution is -2.23. The summed E-state index contributed by atoms with van der Waals surface area (Å²) < 4.78 is 0. The third-order valence-electron chi connectivity index (χ3n) is 4.63. The van der Waals surface area contributed by atoms with Crippen LogP contribution in [0.3, 0.4) is 0 Å². The number of aromatic nitrogens is 2. The minimum absolute atomic E-state index is 0.0336. The van der Waals surface area contributed by atoms with Gasteiger partial charge in [-0.05, 0) is 71.9 Å². The number of carboxylic acids is 1. The van der Waals surface area contributed by atoms with Gasteiger partial charge in [-0.15, -0.1) is 11.8 Å².